The average Bonchev–Trinajstić information content (AvgIpc) is 3.00. The lowest BCUT2D eigenvalue weighted by Gasteiger charge is -2.38. The summed E-state index contributed by atoms with van der Waals surface area (Å²) in [6.07, 6.45) is 6.83. The molecule has 162 valence electrons. The molecule has 29 heavy (non-hydrogen) atoms. The summed E-state index contributed by atoms with van der Waals surface area (Å²) >= 11 is 0. The van der Waals surface area contributed by atoms with Gasteiger partial charge in [0.2, 0.25) is 0 Å². The molecule has 0 unspecified atom stereocenters. The largest absolute Gasteiger partial charge is 0.493 e. The summed E-state index contributed by atoms with van der Waals surface area (Å²) < 4.78 is 17.4. The number of esters is 1. The molecule has 0 aromatic heterocycles. The van der Waals surface area contributed by atoms with Crippen molar-refractivity contribution in [3.05, 3.63) is 23.8 Å². The van der Waals surface area contributed by atoms with Crippen molar-refractivity contribution in [1.82, 2.24) is 4.90 Å². The number of unbranched alkanes of at least 4 members (excludes halogenated alkanes) is 3. The topological polar surface area (TPSA) is 48.0 Å². The molecule has 1 fully saturated rings. The second kappa shape index (κ2) is 9.38. The third-order valence-corrected chi connectivity index (χ3v) is 5.88. The number of rotatable bonds is 8. The highest BCUT2D eigenvalue weighted by Gasteiger charge is 2.43. The number of ether oxygens (including phenoxy) is 3. The predicted octanol–water partition coefficient (Wildman–Crippen LogP) is 4.71. The van der Waals surface area contributed by atoms with E-state index in [1.807, 2.05) is 20.8 Å². The normalized spacial score (nSPS) is 18.3. The lowest BCUT2D eigenvalue weighted by molar-refractivity contribution is -0.156. The molecule has 3 rings (SSSR count). The molecule has 5 heteroatoms. The second-order valence-electron chi connectivity index (χ2n) is 9.50. The first-order chi connectivity index (χ1) is 13.8. The van der Waals surface area contributed by atoms with E-state index in [2.05, 4.69) is 30.0 Å². The minimum Gasteiger partial charge on any atom is -0.493 e. The van der Waals surface area contributed by atoms with Crippen LogP contribution in [0.1, 0.15) is 71.8 Å². The van der Waals surface area contributed by atoms with Crippen molar-refractivity contribution in [2.75, 3.05) is 32.8 Å². The quantitative estimate of drug-likeness (QED) is 0.465. The Balaban J connectivity index is 1.52. The van der Waals surface area contributed by atoms with Gasteiger partial charge in [0.1, 0.15) is 17.1 Å². The molecule has 2 heterocycles. The Morgan fingerprint density at radius 1 is 1.17 bits per heavy atom. The van der Waals surface area contributed by atoms with E-state index in [1.54, 1.807) is 0 Å². The highest BCUT2D eigenvalue weighted by Crippen LogP contribution is 2.46. The van der Waals surface area contributed by atoms with Crippen molar-refractivity contribution in [2.45, 2.75) is 77.2 Å². The van der Waals surface area contributed by atoms with Crippen LogP contribution in [0.4, 0.5) is 0 Å². The first kappa shape index (κ1) is 21.9. The number of nitrogens with zero attached hydrogens (tertiary/aromatic N) is 1. The standard InChI is InChI=1S/C24H37NO4/c1-5-6-7-8-15-27-19-9-10-20-21(16-19)28-18-24(20)11-13-25(14-12-24)17-22(26)29-23(2,3)4/h9-10,16H,5-8,11-15,17-18H2,1-4H3. The summed E-state index contributed by atoms with van der Waals surface area (Å²) in [5.41, 5.74) is 0.939. The molecule has 0 aliphatic carbocycles. The van der Waals surface area contributed by atoms with Crippen molar-refractivity contribution >= 4 is 5.97 Å². The van der Waals surface area contributed by atoms with Gasteiger partial charge in [-0.3, -0.25) is 9.69 Å². The van der Waals surface area contributed by atoms with Gasteiger partial charge in [0.15, 0.2) is 0 Å². The van der Waals surface area contributed by atoms with E-state index in [9.17, 15) is 4.79 Å². The van der Waals surface area contributed by atoms with Gasteiger partial charge in [-0.05, 0) is 59.2 Å². The monoisotopic (exact) mass is 403 g/mol. The van der Waals surface area contributed by atoms with Gasteiger partial charge in [0.05, 0.1) is 19.8 Å². The van der Waals surface area contributed by atoms with Crippen LogP contribution in [0.3, 0.4) is 0 Å². The smallest absolute Gasteiger partial charge is 0.320 e. The number of fused-ring (bicyclic) bond motifs is 2. The van der Waals surface area contributed by atoms with E-state index >= 15 is 0 Å². The van der Waals surface area contributed by atoms with Crippen LogP contribution in [0, 0.1) is 0 Å². The second-order valence-corrected chi connectivity index (χ2v) is 9.50. The van der Waals surface area contributed by atoms with Gasteiger partial charge >= 0.3 is 5.97 Å². The maximum absolute atomic E-state index is 12.1. The van der Waals surface area contributed by atoms with Crippen LogP contribution in [0.5, 0.6) is 11.5 Å². The molecule has 5 nitrogen and oxygen atoms in total. The first-order valence-corrected chi connectivity index (χ1v) is 11.2. The maximum Gasteiger partial charge on any atom is 0.320 e. The van der Waals surface area contributed by atoms with E-state index in [0.717, 1.165) is 57.1 Å². The molecular weight excluding hydrogens is 366 g/mol. The van der Waals surface area contributed by atoms with Crippen molar-refractivity contribution in [1.29, 1.82) is 0 Å². The van der Waals surface area contributed by atoms with E-state index < -0.39 is 5.60 Å². The molecular formula is C24H37NO4. The zero-order valence-corrected chi connectivity index (χ0v) is 18.6. The number of likely N-dealkylation sites (tertiary alicyclic amines) is 1. The van der Waals surface area contributed by atoms with Crippen LogP contribution >= 0.6 is 0 Å². The van der Waals surface area contributed by atoms with Gasteiger partial charge in [0, 0.05) is 17.0 Å². The molecule has 0 saturated carbocycles. The van der Waals surface area contributed by atoms with Crippen molar-refractivity contribution in [2.24, 2.45) is 0 Å². The molecule has 0 atom stereocenters. The Hall–Kier alpha value is -1.75. The molecule has 1 aromatic rings. The van der Waals surface area contributed by atoms with Crippen LogP contribution in [0.15, 0.2) is 18.2 Å². The number of hydrogen-bond acceptors (Lipinski definition) is 5. The highest BCUT2D eigenvalue weighted by molar-refractivity contribution is 5.72. The van der Waals surface area contributed by atoms with Gasteiger partial charge in [0.25, 0.3) is 0 Å². The molecule has 0 radical (unpaired) electrons. The fourth-order valence-electron chi connectivity index (χ4n) is 4.27. The lowest BCUT2D eigenvalue weighted by Crippen LogP contribution is -2.46. The Morgan fingerprint density at radius 3 is 2.62 bits per heavy atom. The van der Waals surface area contributed by atoms with Gasteiger partial charge in [-0.1, -0.05) is 32.3 Å². The predicted molar refractivity (Wildman–Crippen MR) is 115 cm³/mol. The third kappa shape index (κ3) is 5.88. The molecule has 0 N–H and O–H groups in total. The summed E-state index contributed by atoms with van der Waals surface area (Å²) in [6.45, 7) is 11.6. The lowest BCUT2D eigenvalue weighted by atomic mass is 9.74. The minimum atomic E-state index is -0.428. The fraction of sp³-hybridized carbons (Fsp3) is 0.708. The Kier molecular flexibility index (Phi) is 7.10. The Bertz CT molecular complexity index is 687. The molecule has 1 saturated heterocycles. The SMILES string of the molecule is CCCCCCOc1ccc2c(c1)OCC21CCN(CC(=O)OC(C)(C)C)CC1. The molecule has 2 aliphatic heterocycles. The average molecular weight is 404 g/mol. The van der Waals surface area contributed by atoms with Crippen LogP contribution < -0.4 is 9.47 Å². The van der Waals surface area contributed by atoms with E-state index in [1.165, 1.54) is 24.8 Å². The van der Waals surface area contributed by atoms with Gasteiger partial charge in [-0.2, -0.15) is 0 Å². The number of hydrogen-bond donors (Lipinski definition) is 0. The van der Waals surface area contributed by atoms with Gasteiger partial charge in [-0.15, -0.1) is 0 Å². The molecule has 0 amide bonds. The maximum atomic E-state index is 12.1. The summed E-state index contributed by atoms with van der Waals surface area (Å²) in [7, 11) is 0. The van der Waals surface area contributed by atoms with Gasteiger partial charge in [-0.25, -0.2) is 0 Å². The highest BCUT2D eigenvalue weighted by atomic mass is 16.6. The molecule has 1 aromatic carbocycles. The van der Waals surface area contributed by atoms with Gasteiger partial charge < -0.3 is 14.2 Å². The zero-order chi connectivity index (χ0) is 20.9. The number of carbonyl (C=O) groups is 1. The number of benzene rings is 1. The van der Waals surface area contributed by atoms with Crippen molar-refractivity contribution in [3.8, 4) is 11.5 Å². The minimum absolute atomic E-state index is 0.0689. The fourth-order valence-corrected chi connectivity index (χ4v) is 4.27. The third-order valence-electron chi connectivity index (χ3n) is 5.88. The van der Waals surface area contributed by atoms with E-state index in [4.69, 9.17) is 14.2 Å². The molecule has 1 spiro atoms. The van der Waals surface area contributed by atoms with Crippen LogP contribution in [0.2, 0.25) is 0 Å². The zero-order valence-electron chi connectivity index (χ0n) is 18.6. The van der Waals surface area contributed by atoms with Crippen LogP contribution in [0.25, 0.3) is 0 Å². The summed E-state index contributed by atoms with van der Waals surface area (Å²) in [4.78, 5) is 14.3. The molecule has 0 bridgehead atoms. The van der Waals surface area contributed by atoms with Crippen LogP contribution in [-0.4, -0.2) is 49.3 Å². The first-order valence-electron chi connectivity index (χ1n) is 11.2. The summed E-state index contributed by atoms with van der Waals surface area (Å²) in [6, 6.07) is 6.33. The van der Waals surface area contributed by atoms with Crippen molar-refractivity contribution in [3.63, 3.8) is 0 Å². The van der Waals surface area contributed by atoms with Crippen molar-refractivity contribution < 1.29 is 19.0 Å². The Labute approximate surface area is 175 Å². The summed E-state index contributed by atoms with van der Waals surface area (Å²) in [5.74, 6) is 1.73. The van der Waals surface area contributed by atoms with E-state index in [-0.39, 0.29) is 11.4 Å². The summed E-state index contributed by atoms with van der Waals surface area (Å²) in [5, 5.41) is 0. The van der Waals surface area contributed by atoms with E-state index in [0.29, 0.717) is 6.54 Å². The van der Waals surface area contributed by atoms with Crippen LogP contribution in [-0.2, 0) is 14.9 Å². The Morgan fingerprint density at radius 2 is 1.93 bits per heavy atom. The number of carbonyl (C=O) groups excluding carboxylic acids is 1. The molecule has 2 aliphatic rings. The number of piperidine rings is 1.